The number of nitrogens with one attached hydrogen (secondary N) is 1. The number of ketones is 1. The van der Waals surface area contributed by atoms with E-state index in [1.165, 1.54) is 4.90 Å². The molecule has 1 aromatic heterocycles. The summed E-state index contributed by atoms with van der Waals surface area (Å²) in [6.45, 7) is 12.0. The van der Waals surface area contributed by atoms with Gasteiger partial charge in [0.2, 0.25) is 0 Å². The van der Waals surface area contributed by atoms with Crippen LogP contribution in [-0.4, -0.2) is 41.1 Å². The van der Waals surface area contributed by atoms with E-state index in [2.05, 4.69) is 49.7 Å². The van der Waals surface area contributed by atoms with E-state index in [0.717, 1.165) is 58.7 Å². The molecule has 0 atom stereocenters. The van der Waals surface area contributed by atoms with Gasteiger partial charge in [0.1, 0.15) is 0 Å². The molecule has 5 heteroatoms. The van der Waals surface area contributed by atoms with Crippen molar-refractivity contribution < 1.29 is 4.79 Å². The van der Waals surface area contributed by atoms with E-state index in [9.17, 15) is 4.79 Å². The molecule has 0 amide bonds. The van der Waals surface area contributed by atoms with Gasteiger partial charge in [-0.1, -0.05) is 33.8 Å². The zero-order valence-electron chi connectivity index (χ0n) is 17.6. The number of nitrogen functional groups attached to an aromatic ring is 1. The largest absolute Gasteiger partial charge is 0.399 e. The van der Waals surface area contributed by atoms with Gasteiger partial charge in [-0.15, -0.1) is 11.8 Å². The summed E-state index contributed by atoms with van der Waals surface area (Å²) in [4.78, 5) is 20.5. The monoisotopic (exact) mass is 407 g/mol. The Kier molecular flexibility index (Phi) is 5.21. The number of thioether (sulfide) groups is 1. The number of H-pyrrole nitrogens is 1. The standard InChI is InChI=1S/C24H29N3OS/c1-5-27(6-2)11-12-29-16-8-10-17-19(14-16)24(3,4)23-21(22(17)28)18-9-7-15(25)13-20(18)26-23/h7-10,13-14,26H,5-6,11-12,25H2,1-4H3. The molecule has 0 radical (unpaired) electrons. The molecule has 152 valence electrons. The Morgan fingerprint density at radius 2 is 1.86 bits per heavy atom. The Bertz CT molecular complexity index is 1080. The average Bonchev–Trinajstić information content (AvgIpc) is 3.09. The lowest BCUT2D eigenvalue weighted by Gasteiger charge is -2.32. The van der Waals surface area contributed by atoms with E-state index in [-0.39, 0.29) is 11.2 Å². The summed E-state index contributed by atoms with van der Waals surface area (Å²) in [6, 6.07) is 12.0. The fourth-order valence-corrected chi connectivity index (χ4v) is 5.30. The predicted molar refractivity (Wildman–Crippen MR) is 123 cm³/mol. The maximum Gasteiger partial charge on any atom is 0.195 e. The molecule has 0 unspecified atom stereocenters. The molecule has 3 N–H and O–H groups in total. The van der Waals surface area contributed by atoms with Crippen LogP contribution in [0.25, 0.3) is 10.9 Å². The van der Waals surface area contributed by atoms with E-state index in [1.54, 1.807) is 0 Å². The summed E-state index contributed by atoms with van der Waals surface area (Å²) in [5.74, 6) is 1.15. The average molecular weight is 408 g/mol. The van der Waals surface area contributed by atoms with E-state index in [0.29, 0.717) is 5.69 Å². The molecule has 0 saturated carbocycles. The number of nitrogens with zero attached hydrogens (tertiary/aromatic N) is 1. The highest BCUT2D eigenvalue weighted by Crippen LogP contribution is 2.44. The molecule has 1 heterocycles. The van der Waals surface area contributed by atoms with Crippen molar-refractivity contribution >= 4 is 34.1 Å². The number of nitrogens with two attached hydrogens (primary N) is 1. The van der Waals surface area contributed by atoms with Crippen LogP contribution in [0.2, 0.25) is 0 Å². The van der Waals surface area contributed by atoms with Gasteiger partial charge in [0.05, 0.1) is 5.56 Å². The van der Waals surface area contributed by atoms with Gasteiger partial charge in [0, 0.05) is 50.5 Å². The molecule has 1 aliphatic carbocycles. The van der Waals surface area contributed by atoms with E-state index in [1.807, 2.05) is 36.0 Å². The molecule has 29 heavy (non-hydrogen) atoms. The molecule has 0 saturated heterocycles. The fourth-order valence-electron chi connectivity index (χ4n) is 4.35. The van der Waals surface area contributed by atoms with Gasteiger partial charge < -0.3 is 15.6 Å². The topological polar surface area (TPSA) is 62.1 Å². The molecule has 0 fully saturated rings. The molecular formula is C24H29N3OS. The summed E-state index contributed by atoms with van der Waals surface area (Å²) >= 11 is 1.86. The summed E-state index contributed by atoms with van der Waals surface area (Å²) in [5, 5.41) is 0.954. The van der Waals surface area contributed by atoms with E-state index < -0.39 is 0 Å². The molecule has 1 aliphatic rings. The van der Waals surface area contributed by atoms with Crippen LogP contribution >= 0.6 is 11.8 Å². The summed E-state index contributed by atoms with van der Waals surface area (Å²) in [5.41, 5.74) is 11.0. The van der Waals surface area contributed by atoms with Gasteiger partial charge in [0.25, 0.3) is 0 Å². The zero-order valence-corrected chi connectivity index (χ0v) is 18.5. The number of fused-ring (bicyclic) bond motifs is 4. The Labute approximate surface area is 176 Å². The molecule has 0 spiro atoms. The van der Waals surface area contributed by atoms with Gasteiger partial charge in [-0.05, 0) is 49.0 Å². The maximum absolute atomic E-state index is 13.4. The lowest BCUT2D eigenvalue weighted by Crippen LogP contribution is -2.30. The van der Waals surface area contributed by atoms with Gasteiger partial charge >= 0.3 is 0 Å². The highest BCUT2D eigenvalue weighted by Gasteiger charge is 2.39. The van der Waals surface area contributed by atoms with Crippen molar-refractivity contribution in [2.24, 2.45) is 0 Å². The SMILES string of the molecule is CCN(CC)CCSc1ccc2c(c1)C(C)(C)c1[nH]c3cc(N)ccc3c1C2=O. The van der Waals surface area contributed by atoms with Gasteiger partial charge in [0.15, 0.2) is 5.78 Å². The third kappa shape index (κ3) is 3.36. The van der Waals surface area contributed by atoms with Crippen molar-refractivity contribution in [3.8, 4) is 0 Å². The van der Waals surface area contributed by atoms with Gasteiger partial charge in [-0.2, -0.15) is 0 Å². The second-order valence-corrected chi connectivity index (χ2v) is 9.39. The molecule has 0 bridgehead atoms. The Morgan fingerprint density at radius 3 is 2.59 bits per heavy atom. The number of carbonyl (C=O) groups excluding carboxylic acids is 1. The number of rotatable bonds is 6. The highest BCUT2D eigenvalue weighted by molar-refractivity contribution is 7.99. The quantitative estimate of drug-likeness (QED) is 0.443. The van der Waals surface area contributed by atoms with Crippen LogP contribution in [0.4, 0.5) is 5.69 Å². The minimum Gasteiger partial charge on any atom is -0.399 e. The first kappa shape index (κ1) is 20.0. The van der Waals surface area contributed by atoms with Crippen molar-refractivity contribution in [1.82, 2.24) is 9.88 Å². The number of hydrogen-bond donors (Lipinski definition) is 2. The lowest BCUT2D eigenvalue weighted by atomic mass is 9.71. The van der Waals surface area contributed by atoms with Crippen molar-refractivity contribution in [2.75, 3.05) is 31.1 Å². The Morgan fingerprint density at radius 1 is 1.10 bits per heavy atom. The second-order valence-electron chi connectivity index (χ2n) is 8.22. The third-order valence-corrected chi connectivity index (χ3v) is 7.13. The first-order valence-corrected chi connectivity index (χ1v) is 11.3. The van der Waals surface area contributed by atoms with Gasteiger partial charge in [-0.3, -0.25) is 4.79 Å². The molecule has 0 aliphatic heterocycles. The van der Waals surface area contributed by atoms with Crippen LogP contribution in [-0.2, 0) is 5.41 Å². The zero-order chi connectivity index (χ0) is 20.8. The van der Waals surface area contributed by atoms with E-state index in [4.69, 9.17) is 5.73 Å². The van der Waals surface area contributed by atoms with Crippen molar-refractivity contribution in [2.45, 2.75) is 38.0 Å². The minimum absolute atomic E-state index is 0.102. The van der Waals surface area contributed by atoms with Crippen LogP contribution in [0, 0.1) is 0 Å². The van der Waals surface area contributed by atoms with Crippen LogP contribution in [0.15, 0.2) is 41.3 Å². The minimum atomic E-state index is -0.276. The lowest BCUT2D eigenvalue weighted by molar-refractivity contribution is 0.103. The van der Waals surface area contributed by atoms with Crippen molar-refractivity contribution in [3.05, 3.63) is 58.8 Å². The summed E-state index contributed by atoms with van der Waals surface area (Å²) < 4.78 is 0. The van der Waals surface area contributed by atoms with Gasteiger partial charge in [-0.25, -0.2) is 0 Å². The second kappa shape index (κ2) is 7.54. The number of aromatic amines is 1. The highest BCUT2D eigenvalue weighted by atomic mass is 32.2. The summed E-state index contributed by atoms with van der Waals surface area (Å²) in [7, 11) is 0. The fraction of sp³-hybridized carbons (Fsp3) is 0.375. The number of carbonyl (C=O) groups is 1. The third-order valence-electron chi connectivity index (χ3n) is 6.15. The number of anilines is 1. The van der Waals surface area contributed by atoms with Crippen molar-refractivity contribution in [1.29, 1.82) is 0 Å². The normalized spacial score (nSPS) is 15.0. The van der Waals surface area contributed by atoms with Crippen LogP contribution in [0.1, 0.15) is 54.9 Å². The maximum atomic E-state index is 13.4. The Balaban J connectivity index is 1.70. The first-order valence-electron chi connectivity index (χ1n) is 10.3. The Hall–Kier alpha value is -2.24. The first-order chi connectivity index (χ1) is 13.9. The number of benzene rings is 2. The van der Waals surface area contributed by atoms with Crippen molar-refractivity contribution in [3.63, 3.8) is 0 Å². The molecule has 4 nitrogen and oxygen atoms in total. The van der Waals surface area contributed by atoms with Crippen LogP contribution in [0.5, 0.6) is 0 Å². The molecular weight excluding hydrogens is 378 g/mol. The molecule has 3 aromatic rings. The molecule has 2 aromatic carbocycles. The number of aromatic nitrogens is 1. The summed E-state index contributed by atoms with van der Waals surface area (Å²) in [6.07, 6.45) is 0. The smallest absolute Gasteiger partial charge is 0.195 e. The number of hydrogen-bond acceptors (Lipinski definition) is 4. The van der Waals surface area contributed by atoms with Crippen LogP contribution in [0.3, 0.4) is 0 Å². The van der Waals surface area contributed by atoms with Crippen LogP contribution < -0.4 is 5.73 Å². The molecule has 4 rings (SSSR count). The van der Waals surface area contributed by atoms with E-state index >= 15 is 0 Å². The predicted octanol–water partition coefficient (Wildman–Crippen LogP) is 5.05.